The number of aromatic amines is 1. The topological polar surface area (TPSA) is 114 Å². The van der Waals surface area contributed by atoms with E-state index >= 15 is 0 Å². The second-order valence-electron chi connectivity index (χ2n) is 6.16. The van der Waals surface area contributed by atoms with E-state index in [4.69, 9.17) is 10.2 Å². The van der Waals surface area contributed by atoms with Crippen LogP contribution < -0.4 is 16.6 Å². The Morgan fingerprint density at radius 3 is 2.91 bits per heavy atom. The molecule has 124 valence electrons. The van der Waals surface area contributed by atoms with E-state index in [9.17, 15) is 9.59 Å². The average Bonchev–Trinajstić information content (AvgIpc) is 2.90. The predicted octanol–water partition coefficient (Wildman–Crippen LogP) is 1.46. The lowest BCUT2D eigenvalue weighted by molar-refractivity contribution is 0.0915. The summed E-state index contributed by atoms with van der Waals surface area (Å²) in [5, 5.41) is 3.19. The Morgan fingerprint density at radius 1 is 1.48 bits per heavy atom. The van der Waals surface area contributed by atoms with Crippen LogP contribution in [-0.4, -0.2) is 28.5 Å². The number of H-pyrrole nitrogens is 1. The van der Waals surface area contributed by atoms with Crippen LogP contribution in [0.2, 0.25) is 0 Å². The van der Waals surface area contributed by atoms with Crippen molar-refractivity contribution in [2.45, 2.75) is 45.1 Å². The summed E-state index contributed by atoms with van der Waals surface area (Å²) in [6.45, 7) is 2.05. The molecule has 2 heterocycles. The SMILES string of the molecule is Cc1oc2nc[nH]c(=O)c2c1C(=O)NC(CN)C1CCCCC1. The number of rotatable bonds is 4. The van der Waals surface area contributed by atoms with Gasteiger partial charge in [0, 0.05) is 12.6 Å². The summed E-state index contributed by atoms with van der Waals surface area (Å²) in [5.41, 5.74) is 5.92. The summed E-state index contributed by atoms with van der Waals surface area (Å²) in [6.07, 6.45) is 7.02. The lowest BCUT2D eigenvalue weighted by Gasteiger charge is -2.30. The van der Waals surface area contributed by atoms with Crippen molar-refractivity contribution in [1.82, 2.24) is 15.3 Å². The van der Waals surface area contributed by atoms with Crippen molar-refractivity contribution in [3.8, 4) is 0 Å². The number of nitrogens with zero attached hydrogens (tertiary/aromatic N) is 1. The van der Waals surface area contributed by atoms with Crippen LogP contribution in [0, 0.1) is 12.8 Å². The van der Waals surface area contributed by atoms with Gasteiger partial charge in [-0.05, 0) is 25.7 Å². The number of hydrogen-bond donors (Lipinski definition) is 3. The average molecular weight is 318 g/mol. The highest BCUT2D eigenvalue weighted by atomic mass is 16.3. The lowest BCUT2D eigenvalue weighted by Crippen LogP contribution is -2.46. The Kier molecular flexibility index (Phi) is 4.47. The monoisotopic (exact) mass is 318 g/mol. The van der Waals surface area contributed by atoms with Crippen LogP contribution >= 0.6 is 0 Å². The molecule has 1 amide bonds. The zero-order valence-corrected chi connectivity index (χ0v) is 13.2. The van der Waals surface area contributed by atoms with Crippen molar-refractivity contribution >= 4 is 17.0 Å². The van der Waals surface area contributed by atoms with E-state index in [0.29, 0.717) is 18.2 Å². The fraction of sp³-hybridized carbons (Fsp3) is 0.562. The summed E-state index contributed by atoms with van der Waals surface area (Å²) >= 11 is 0. The molecule has 1 saturated carbocycles. The number of carbonyl (C=O) groups excluding carboxylic acids is 1. The molecule has 0 spiro atoms. The first-order chi connectivity index (χ1) is 11.1. The van der Waals surface area contributed by atoms with Gasteiger partial charge in [0.1, 0.15) is 11.1 Å². The molecule has 3 rings (SSSR count). The molecule has 1 aliphatic rings. The summed E-state index contributed by atoms with van der Waals surface area (Å²) in [5.74, 6) is 0.467. The smallest absolute Gasteiger partial charge is 0.262 e. The van der Waals surface area contributed by atoms with Crippen molar-refractivity contribution in [2.24, 2.45) is 11.7 Å². The molecule has 7 nitrogen and oxygen atoms in total. The molecule has 0 aliphatic heterocycles. The number of carbonyl (C=O) groups is 1. The maximum absolute atomic E-state index is 12.7. The van der Waals surface area contributed by atoms with E-state index in [-0.39, 0.29) is 34.2 Å². The molecule has 0 bridgehead atoms. The van der Waals surface area contributed by atoms with Crippen LogP contribution in [0.5, 0.6) is 0 Å². The number of nitrogens with two attached hydrogens (primary N) is 1. The van der Waals surface area contributed by atoms with Gasteiger partial charge in [0.25, 0.3) is 11.5 Å². The van der Waals surface area contributed by atoms with Crippen molar-refractivity contribution in [2.75, 3.05) is 6.54 Å². The molecular weight excluding hydrogens is 296 g/mol. The number of aryl methyl sites for hydroxylation is 1. The number of aromatic nitrogens is 2. The van der Waals surface area contributed by atoms with E-state index in [0.717, 1.165) is 12.8 Å². The lowest BCUT2D eigenvalue weighted by atomic mass is 9.84. The highest BCUT2D eigenvalue weighted by molar-refractivity contribution is 6.06. The quantitative estimate of drug-likeness (QED) is 0.789. The third-order valence-corrected chi connectivity index (χ3v) is 4.69. The molecule has 0 radical (unpaired) electrons. The van der Waals surface area contributed by atoms with Gasteiger partial charge >= 0.3 is 0 Å². The largest absolute Gasteiger partial charge is 0.442 e. The molecule has 4 N–H and O–H groups in total. The Hall–Kier alpha value is -2.15. The van der Waals surface area contributed by atoms with Crippen LogP contribution in [0.25, 0.3) is 11.1 Å². The van der Waals surface area contributed by atoms with E-state index < -0.39 is 0 Å². The molecule has 2 aromatic heterocycles. The molecule has 1 fully saturated rings. The molecule has 1 unspecified atom stereocenters. The summed E-state index contributed by atoms with van der Waals surface area (Å²) in [7, 11) is 0. The minimum atomic E-state index is -0.376. The third kappa shape index (κ3) is 3.01. The second kappa shape index (κ2) is 6.54. The minimum Gasteiger partial charge on any atom is -0.442 e. The second-order valence-corrected chi connectivity index (χ2v) is 6.16. The maximum atomic E-state index is 12.7. The van der Waals surface area contributed by atoms with E-state index in [1.54, 1.807) is 6.92 Å². The zero-order valence-electron chi connectivity index (χ0n) is 13.2. The van der Waals surface area contributed by atoms with Crippen LogP contribution in [-0.2, 0) is 0 Å². The summed E-state index contributed by atoms with van der Waals surface area (Å²) in [6, 6.07) is -0.0806. The van der Waals surface area contributed by atoms with Gasteiger partial charge in [-0.3, -0.25) is 9.59 Å². The first-order valence-corrected chi connectivity index (χ1v) is 8.09. The normalized spacial score (nSPS) is 17.3. The van der Waals surface area contributed by atoms with Gasteiger partial charge in [-0.1, -0.05) is 19.3 Å². The van der Waals surface area contributed by atoms with Crippen LogP contribution in [0.15, 0.2) is 15.5 Å². The number of furan rings is 1. The van der Waals surface area contributed by atoms with Gasteiger partial charge in [0.15, 0.2) is 0 Å². The van der Waals surface area contributed by atoms with Gasteiger partial charge < -0.3 is 20.5 Å². The summed E-state index contributed by atoms with van der Waals surface area (Å²) < 4.78 is 5.44. The molecule has 1 atom stereocenters. The van der Waals surface area contributed by atoms with E-state index in [1.165, 1.54) is 25.6 Å². The van der Waals surface area contributed by atoms with E-state index in [2.05, 4.69) is 15.3 Å². The standard InChI is InChI=1S/C16H22N4O3/c1-9-12(13-14(21)18-8-19-16(13)23-9)15(22)20-11(7-17)10-5-3-2-4-6-10/h8,10-11H,2-7,17H2,1H3,(H,20,22)(H,18,19,21). The van der Waals surface area contributed by atoms with Gasteiger partial charge in [-0.15, -0.1) is 0 Å². The molecule has 23 heavy (non-hydrogen) atoms. The first kappa shape index (κ1) is 15.7. The van der Waals surface area contributed by atoms with Gasteiger partial charge in [-0.2, -0.15) is 0 Å². The fourth-order valence-electron chi connectivity index (χ4n) is 3.47. The Labute approximate surface area is 133 Å². The van der Waals surface area contributed by atoms with Crippen molar-refractivity contribution < 1.29 is 9.21 Å². The number of nitrogens with one attached hydrogen (secondary N) is 2. The van der Waals surface area contributed by atoms with E-state index in [1.807, 2.05) is 0 Å². The Morgan fingerprint density at radius 2 is 2.22 bits per heavy atom. The zero-order chi connectivity index (χ0) is 16.4. The fourth-order valence-corrected chi connectivity index (χ4v) is 3.47. The Bertz CT molecular complexity index is 758. The van der Waals surface area contributed by atoms with Crippen LogP contribution in [0.4, 0.5) is 0 Å². The van der Waals surface area contributed by atoms with Gasteiger partial charge in [-0.25, -0.2) is 4.98 Å². The van der Waals surface area contributed by atoms with Crippen molar-refractivity contribution in [1.29, 1.82) is 0 Å². The van der Waals surface area contributed by atoms with Crippen LogP contribution in [0.1, 0.15) is 48.2 Å². The maximum Gasteiger partial charge on any atom is 0.262 e. The van der Waals surface area contributed by atoms with Gasteiger partial charge in [0.2, 0.25) is 5.71 Å². The molecule has 0 aromatic carbocycles. The molecule has 7 heteroatoms. The van der Waals surface area contributed by atoms with Crippen LogP contribution in [0.3, 0.4) is 0 Å². The molecular formula is C16H22N4O3. The highest BCUT2D eigenvalue weighted by Gasteiger charge is 2.27. The minimum absolute atomic E-state index is 0.0806. The number of hydrogen-bond acceptors (Lipinski definition) is 5. The third-order valence-electron chi connectivity index (χ3n) is 4.69. The highest BCUT2D eigenvalue weighted by Crippen LogP contribution is 2.27. The Balaban J connectivity index is 1.88. The molecule has 0 saturated heterocycles. The molecule has 1 aliphatic carbocycles. The molecule has 2 aromatic rings. The number of fused-ring (bicyclic) bond motifs is 1. The number of amides is 1. The van der Waals surface area contributed by atoms with Gasteiger partial charge in [0.05, 0.1) is 11.9 Å². The van der Waals surface area contributed by atoms with Crippen molar-refractivity contribution in [3.63, 3.8) is 0 Å². The van der Waals surface area contributed by atoms with Crippen molar-refractivity contribution in [3.05, 3.63) is 28.0 Å². The predicted molar refractivity (Wildman–Crippen MR) is 86.3 cm³/mol. The first-order valence-electron chi connectivity index (χ1n) is 8.09. The summed E-state index contributed by atoms with van der Waals surface area (Å²) in [4.78, 5) is 31.2.